The first-order valence-corrected chi connectivity index (χ1v) is 4.67. The standard InChI is InChI=1S/C9H17NO/c1-10-6-5-7-3-2-4-8(7)9(10)11/h7-9,11H,2-6H2,1H3. The summed E-state index contributed by atoms with van der Waals surface area (Å²) in [6.45, 7) is 1.09. The molecular formula is C9H17NO. The highest BCUT2D eigenvalue weighted by Crippen LogP contribution is 2.39. The number of piperidine rings is 1. The van der Waals surface area contributed by atoms with Gasteiger partial charge in [-0.1, -0.05) is 6.42 Å². The van der Waals surface area contributed by atoms with E-state index in [2.05, 4.69) is 4.90 Å². The van der Waals surface area contributed by atoms with E-state index in [9.17, 15) is 5.11 Å². The number of hydrogen-bond acceptors (Lipinski definition) is 2. The lowest BCUT2D eigenvalue weighted by Gasteiger charge is -2.37. The molecule has 3 unspecified atom stereocenters. The molecule has 11 heavy (non-hydrogen) atoms. The Morgan fingerprint density at radius 3 is 2.91 bits per heavy atom. The largest absolute Gasteiger partial charge is 0.378 e. The predicted molar refractivity (Wildman–Crippen MR) is 44.1 cm³/mol. The summed E-state index contributed by atoms with van der Waals surface area (Å²) in [6.07, 6.45) is 5.10. The Hall–Kier alpha value is -0.0800. The third kappa shape index (κ3) is 1.18. The average molecular weight is 155 g/mol. The highest BCUT2D eigenvalue weighted by atomic mass is 16.3. The Balaban J connectivity index is 2.06. The first kappa shape index (κ1) is 7.56. The Bertz CT molecular complexity index is 148. The van der Waals surface area contributed by atoms with Gasteiger partial charge in [0.1, 0.15) is 6.23 Å². The van der Waals surface area contributed by atoms with Crippen molar-refractivity contribution in [2.75, 3.05) is 13.6 Å². The zero-order chi connectivity index (χ0) is 7.84. The minimum Gasteiger partial charge on any atom is -0.378 e. The fourth-order valence-corrected chi connectivity index (χ4v) is 2.65. The fourth-order valence-electron chi connectivity index (χ4n) is 2.65. The quantitative estimate of drug-likeness (QED) is 0.565. The number of aliphatic hydroxyl groups excluding tert-OH is 1. The number of hydrogen-bond donors (Lipinski definition) is 1. The van der Waals surface area contributed by atoms with Crippen molar-refractivity contribution in [1.82, 2.24) is 4.90 Å². The van der Waals surface area contributed by atoms with Gasteiger partial charge in [-0.05, 0) is 32.2 Å². The Morgan fingerprint density at radius 1 is 1.27 bits per heavy atom. The first-order valence-electron chi connectivity index (χ1n) is 4.67. The molecule has 2 rings (SSSR count). The minimum absolute atomic E-state index is 0.142. The van der Waals surface area contributed by atoms with Crippen LogP contribution in [-0.2, 0) is 0 Å². The Morgan fingerprint density at radius 2 is 2.09 bits per heavy atom. The van der Waals surface area contributed by atoms with E-state index in [4.69, 9.17) is 0 Å². The molecule has 0 radical (unpaired) electrons. The minimum atomic E-state index is -0.142. The summed E-state index contributed by atoms with van der Waals surface area (Å²) in [6, 6.07) is 0. The second kappa shape index (κ2) is 2.76. The average Bonchev–Trinajstić information content (AvgIpc) is 2.45. The second-order valence-electron chi connectivity index (χ2n) is 4.04. The summed E-state index contributed by atoms with van der Waals surface area (Å²) < 4.78 is 0. The van der Waals surface area contributed by atoms with Gasteiger partial charge in [0.05, 0.1) is 0 Å². The van der Waals surface area contributed by atoms with Gasteiger partial charge in [0.15, 0.2) is 0 Å². The van der Waals surface area contributed by atoms with Crippen LogP contribution in [0.3, 0.4) is 0 Å². The predicted octanol–water partition coefficient (Wildman–Crippen LogP) is 1.06. The van der Waals surface area contributed by atoms with Crippen molar-refractivity contribution in [3.63, 3.8) is 0 Å². The second-order valence-corrected chi connectivity index (χ2v) is 4.04. The molecule has 2 aliphatic rings. The number of rotatable bonds is 0. The van der Waals surface area contributed by atoms with Crippen LogP contribution in [0.1, 0.15) is 25.7 Å². The molecule has 2 fully saturated rings. The van der Waals surface area contributed by atoms with Crippen LogP contribution in [0.2, 0.25) is 0 Å². The molecule has 64 valence electrons. The van der Waals surface area contributed by atoms with E-state index in [0.29, 0.717) is 5.92 Å². The van der Waals surface area contributed by atoms with Crippen molar-refractivity contribution < 1.29 is 5.11 Å². The lowest BCUT2D eigenvalue weighted by Crippen LogP contribution is -2.45. The van der Waals surface area contributed by atoms with Crippen LogP contribution in [0.15, 0.2) is 0 Å². The van der Waals surface area contributed by atoms with E-state index < -0.39 is 0 Å². The molecule has 0 aromatic rings. The maximum Gasteiger partial charge on any atom is 0.110 e. The van der Waals surface area contributed by atoms with Gasteiger partial charge in [0, 0.05) is 12.5 Å². The topological polar surface area (TPSA) is 23.5 Å². The Labute approximate surface area is 68.2 Å². The van der Waals surface area contributed by atoms with Crippen LogP contribution >= 0.6 is 0 Å². The monoisotopic (exact) mass is 155 g/mol. The molecular weight excluding hydrogens is 138 g/mol. The molecule has 1 aliphatic heterocycles. The van der Waals surface area contributed by atoms with Gasteiger partial charge in [0.2, 0.25) is 0 Å². The van der Waals surface area contributed by atoms with Gasteiger partial charge in [-0.25, -0.2) is 0 Å². The molecule has 3 atom stereocenters. The number of nitrogens with zero attached hydrogens (tertiary/aromatic N) is 1. The number of fused-ring (bicyclic) bond motifs is 1. The van der Waals surface area contributed by atoms with Gasteiger partial charge in [0.25, 0.3) is 0 Å². The first-order chi connectivity index (χ1) is 5.29. The zero-order valence-electron chi connectivity index (χ0n) is 7.16. The molecule has 0 aromatic heterocycles. The zero-order valence-corrected chi connectivity index (χ0v) is 7.16. The normalized spacial score (nSPS) is 45.8. The summed E-state index contributed by atoms with van der Waals surface area (Å²) in [5, 5.41) is 9.77. The summed E-state index contributed by atoms with van der Waals surface area (Å²) in [4.78, 5) is 2.09. The van der Waals surface area contributed by atoms with E-state index in [1.165, 1.54) is 25.7 Å². The van der Waals surface area contributed by atoms with E-state index in [-0.39, 0.29) is 6.23 Å². The van der Waals surface area contributed by atoms with Gasteiger partial charge < -0.3 is 5.11 Å². The van der Waals surface area contributed by atoms with Crippen LogP contribution in [0.4, 0.5) is 0 Å². The summed E-state index contributed by atoms with van der Waals surface area (Å²) in [5.74, 6) is 1.43. The highest BCUT2D eigenvalue weighted by Gasteiger charge is 2.37. The molecule has 1 heterocycles. The molecule has 1 aliphatic carbocycles. The molecule has 1 saturated heterocycles. The van der Waals surface area contributed by atoms with Gasteiger partial charge in [-0.15, -0.1) is 0 Å². The summed E-state index contributed by atoms with van der Waals surface area (Å²) in [5.41, 5.74) is 0. The van der Waals surface area contributed by atoms with Crippen LogP contribution < -0.4 is 0 Å². The van der Waals surface area contributed by atoms with Crippen LogP contribution in [0.5, 0.6) is 0 Å². The molecule has 2 nitrogen and oxygen atoms in total. The van der Waals surface area contributed by atoms with Crippen LogP contribution in [-0.4, -0.2) is 29.8 Å². The molecule has 1 saturated carbocycles. The van der Waals surface area contributed by atoms with E-state index >= 15 is 0 Å². The number of likely N-dealkylation sites (tertiary alicyclic amines) is 1. The van der Waals surface area contributed by atoms with E-state index in [1.807, 2.05) is 7.05 Å². The van der Waals surface area contributed by atoms with Crippen molar-refractivity contribution in [3.05, 3.63) is 0 Å². The van der Waals surface area contributed by atoms with Crippen molar-refractivity contribution in [3.8, 4) is 0 Å². The fraction of sp³-hybridized carbons (Fsp3) is 1.00. The van der Waals surface area contributed by atoms with E-state index in [1.54, 1.807) is 0 Å². The van der Waals surface area contributed by atoms with Crippen molar-refractivity contribution in [2.24, 2.45) is 11.8 Å². The molecule has 0 aromatic carbocycles. The molecule has 0 bridgehead atoms. The van der Waals surface area contributed by atoms with Crippen molar-refractivity contribution >= 4 is 0 Å². The number of aliphatic hydroxyl groups is 1. The van der Waals surface area contributed by atoms with Crippen molar-refractivity contribution in [1.29, 1.82) is 0 Å². The maximum atomic E-state index is 9.77. The lowest BCUT2D eigenvalue weighted by molar-refractivity contribution is -0.0665. The van der Waals surface area contributed by atoms with Gasteiger partial charge in [-0.2, -0.15) is 0 Å². The van der Waals surface area contributed by atoms with Crippen LogP contribution in [0.25, 0.3) is 0 Å². The SMILES string of the molecule is CN1CCC2CCCC2C1O. The molecule has 0 spiro atoms. The van der Waals surface area contributed by atoms with Crippen LogP contribution in [0, 0.1) is 11.8 Å². The molecule has 1 N–H and O–H groups in total. The van der Waals surface area contributed by atoms with Gasteiger partial charge in [-0.3, -0.25) is 4.90 Å². The summed E-state index contributed by atoms with van der Waals surface area (Å²) >= 11 is 0. The molecule has 0 amide bonds. The van der Waals surface area contributed by atoms with E-state index in [0.717, 1.165) is 12.5 Å². The highest BCUT2D eigenvalue weighted by molar-refractivity contribution is 4.86. The van der Waals surface area contributed by atoms with Gasteiger partial charge >= 0.3 is 0 Å². The summed E-state index contributed by atoms with van der Waals surface area (Å²) in [7, 11) is 2.03. The Kier molecular flexibility index (Phi) is 1.90. The lowest BCUT2D eigenvalue weighted by atomic mass is 9.87. The smallest absolute Gasteiger partial charge is 0.110 e. The maximum absolute atomic E-state index is 9.77. The molecule has 2 heteroatoms. The third-order valence-electron chi connectivity index (χ3n) is 3.41. The third-order valence-corrected chi connectivity index (χ3v) is 3.41. The van der Waals surface area contributed by atoms with Crippen molar-refractivity contribution in [2.45, 2.75) is 31.9 Å².